The van der Waals surface area contributed by atoms with Crippen LogP contribution in [0.1, 0.15) is 150 Å². The Kier molecular flexibility index (Phi) is 24.8. The second-order valence-corrected chi connectivity index (χ2v) is 25.0. The molecule has 87 heavy (non-hydrogen) atoms. The number of amides is 5. The van der Waals surface area contributed by atoms with Crippen molar-refractivity contribution in [2.45, 2.75) is 237 Å². The van der Waals surface area contributed by atoms with E-state index in [9.17, 15) is 43.9 Å². The van der Waals surface area contributed by atoms with Crippen molar-refractivity contribution in [2.24, 2.45) is 5.11 Å². The summed E-state index contributed by atoms with van der Waals surface area (Å²) < 4.78 is 67.5. The van der Waals surface area contributed by atoms with Gasteiger partial charge in [-0.25, -0.2) is 28.8 Å². The first-order chi connectivity index (χ1) is 40.7. The van der Waals surface area contributed by atoms with Gasteiger partial charge in [-0.2, -0.15) is 0 Å². The molecule has 2 aromatic carbocycles. The highest BCUT2D eigenvalue weighted by molar-refractivity contribution is 5.92. The van der Waals surface area contributed by atoms with E-state index in [0.717, 1.165) is 6.92 Å². The van der Waals surface area contributed by atoms with Crippen LogP contribution in [0, 0.1) is 0 Å². The number of esters is 3. The van der Waals surface area contributed by atoms with Crippen molar-refractivity contribution in [3.8, 4) is 0 Å². The first kappa shape index (κ1) is 70.1. The summed E-state index contributed by atoms with van der Waals surface area (Å²) in [6, 6.07) is 8.41. The lowest BCUT2D eigenvalue weighted by Crippen LogP contribution is -2.70. The van der Waals surface area contributed by atoms with Crippen molar-refractivity contribution >= 4 is 48.2 Å². The second-order valence-electron chi connectivity index (χ2n) is 25.0. The molecule has 0 bridgehead atoms. The maximum absolute atomic E-state index is 14.9. The predicted molar refractivity (Wildman–Crippen MR) is 311 cm³/mol. The fourth-order valence-electron chi connectivity index (χ4n) is 9.47. The number of hydrogen-bond acceptors (Lipinski definition) is 20. The number of ether oxygens (including phenoxy) is 11. The van der Waals surface area contributed by atoms with Crippen LogP contribution in [0.25, 0.3) is 10.4 Å². The van der Waals surface area contributed by atoms with Crippen molar-refractivity contribution < 1.29 is 90.5 Å². The van der Waals surface area contributed by atoms with Gasteiger partial charge in [-0.05, 0) is 132 Å². The summed E-state index contributed by atoms with van der Waals surface area (Å²) in [6.07, 6.45) is -14.2. The molecule has 5 N–H and O–H groups in total. The van der Waals surface area contributed by atoms with E-state index in [2.05, 4.69) is 36.6 Å². The molecule has 6 unspecified atom stereocenters. The highest BCUT2D eigenvalue weighted by Gasteiger charge is 2.56. The second kappa shape index (κ2) is 30.8. The van der Waals surface area contributed by atoms with Crippen LogP contribution in [-0.4, -0.2) is 163 Å². The lowest BCUT2D eigenvalue weighted by atomic mass is 9.81. The van der Waals surface area contributed by atoms with Gasteiger partial charge in [0.1, 0.15) is 34.5 Å². The molecule has 1 aliphatic carbocycles. The average molecular weight is 1220 g/mol. The molecule has 27 nitrogen and oxygen atoms in total. The smallest absolute Gasteiger partial charge is 0.408 e. The van der Waals surface area contributed by atoms with Crippen LogP contribution in [0.4, 0.5) is 19.2 Å². The van der Waals surface area contributed by atoms with E-state index < -0.39 is 163 Å². The zero-order chi connectivity index (χ0) is 64.6. The van der Waals surface area contributed by atoms with Gasteiger partial charge in [0.15, 0.2) is 30.9 Å². The SMILES string of the molecule is CCC[C@H](OC(=O)c1ccccc1)C(=O)N[C@@H]1C[C@@H](NC(=O)OC(C)(C)C)C(O[C@H]2OC(CNC(=O)OC(C)(C)C)C=CC2NC(=O)OC(C)(C)C)C(N=[N+]=[N-])[C@H]1O[C@H]1OC(CC)[C@H](OC(C)=O)[C@H](NC(=O)OC(C)(C)C)C1OC(=O)c1ccccc1. The molecule has 0 aromatic heterocycles. The van der Waals surface area contributed by atoms with Crippen LogP contribution in [0.15, 0.2) is 77.9 Å². The molecule has 14 atom stereocenters. The van der Waals surface area contributed by atoms with E-state index in [1.54, 1.807) is 139 Å². The molecule has 3 aliphatic rings. The Morgan fingerprint density at radius 1 is 0.609 bits per heavy atom. The van der Waals surface area contributed by atoms with Crippen molar-refractivity contribution in [2.75, 3.05) is 6.54 Å². The molecule has 2 aromatic rings. The van der Waals surface area contributed by atoms with Crippen molar-refractivity contribution in [3.05, 3.63) is 94.4 Å². The number of azide groups is 1. The zero-order valence-electron chi connectivity index (χ0n) is 52.1. The van der Waals surface area contributed by atoms with Crippen LogP contribution in [0.2, 0.25) is 0 Å². The summed E-state index contributed by atoms with van der Waals surface area (Å²) in [5.74, 6) is -3.45. The molecule has 480 valence electrons. The average Bonchev–Trinajstić information content (AvgIpc) is 0.868. The summed E-state index contributed by atoms with van der Waals surface area (Å²) in [4.78, 5) is 114. The van der Waals surface area contributed by atoms with E-state index in [0.29, 0.717) is 6.42 Å². The van der Waals surface area contributed by atoms with Crippen LogP contribution >= 0.6 is 0 Å². The highest BCUT2D eigenvalue weighted by atomic mass is 16.7. The highest BCUT2D eigenvalue weighted by Crippen LogP contribution is 2.37. The van der Waals surface area contributed by atoms with Crippen LogP contribution < -0.4 is 26.6 Å². The first-order valence-corrected chi connectivity index (χ1v) is 29.0. The fraction of sp³-hybridized carbons (Fsp3) is 0.633. The molecule has 2 fully saturated rings. The summed E-state index contributed by atoms with van der Waals surface area (Å²) in [5, 5.41) is 18.1. The van der Waals surface area contributed by atoms with Gasteiger partial charge in [-0.1, -0.05) is 73.9 Å². The predicted octanol–water partition coefficient (Wildman–Crippen LogP) is 8.13. The molecule has 27 heteroatoms. The van der Waals surface area contributed by atoms with Crippen molar-refractivity contribution in [1.82, 2.24) is 26.6 Å². The topological polar surface area (TPSA) is 347 Å². The van der Waals surface area contributed by atoms with E-state index in [1.165, 1.54) is 30.3 Å². The quantitative estimate of drug-likeness (QED) is 0.0208. The molecule has 0 radical (unpaired) electrons. The van der Waals surface area contributed by atoms with Crippen molar-refractivity contribution in [3.63, 3.8) is 0 Å². The summed E-state index contributed by atoms with van der Waals surface area (Å²) in [6.45, 7) is 24.1. The van der Waals surface area contributed by atoms with Gasteiger partial charge in [0.25, 0.3) is 5.91 Å². The Balaban J connectivity index is 1.75. The normalized spacial score (nSPS) is 25.9. The standard InChI is InChI=1S/C60H86N8O19/c1-16-24-41(79-49(71)34-25-20-18-21-26-34)48(70)63-38-31-39(65-55(75)86-59(10,11)12)45(82-51-37(64-54(74)85-58(7,8)9)30-29-36(78-51)32-62-53(73)84-57(4,5)6)43(67-68-61)44(38)83-52-47(81-50(72)35-27-22-19-23-28-35)42(66-56(76)87-60(13,14)15)46(77-33(3)69)40(17-2)80-52/h18-23,25-30,36-47,51-52H,16-17,24,31-32H2,1-15H3,(H,62,73)(H,63,70)(H,64,74)(H,65,75)(H,66,76)/t36?,37?,38-,39-,40?,41+,42+,43?,44+,45?,46+,47?,51-,52-/m1/s1. The van der Waals surface area contributed by atoms with Gasteiger partial charge >= 0.3 is 42.3 Å². The van der Waals surface area contributed by atoms with Crippen LogP contribution in [-0.2, 0) is 61.7 Å². The van der Waals surface area contributed by atoms with Gasteiger partial charge in [0.2, 0.25) is 0 Å². The molecule has 0 spiro atoms. The third-order valence-corrected chi connectivity index (χ3v) is 12.8. The molecule has 2 aliphatic heterocycles. The number of nitrogens with one attached hydrogen (secondary N) is 5. The Morgan fingerprint density at radius 3 is 1.63 bits per heavy atom. The molecule has 1 saturated heterocycles. The Hall–Kier alpha value is -7.71. The molecule has 2 heterocycles. The lowest BCUT2D eigenvalue weighted by molar-refractivity contribution is -0.300. The number of nitrogens with zero attached hydrogens (tertiary/aromatic N) is 3. The zero-order valence-corrected chi connectivity index (χ0v) is 52.1. The third kappa shape index (κ3) is 22.5. The van der Waals surface area contributed by atoms with Crippen LogP contribution in [0.5, 0.6) is 0 Å². The van der Waals surface area contributed by atoms with Gasteiger partial charge < -0.3 is 78.7 Å². The minimum absolute atomic E-state index is 0.00720. The minimum Gasteiger partial charge on any atom is -0.457 e. The van der Waals surface area contributed by atoms with Crippen LogP contribution in [0.3, 0.4) is 0 Å². The molecule has 5 amide bonds. The van der Waals surface area contributed by atoms with Crippen molar-refractivity contribution in [1.29, 1.82) is 0 Å². The number of alkyl carbamates (subject to hydrolysis) is 4. The minimum atomic E-state index is -1.85. The first-order valence-electron chi connectivity index (χ1n) is 29.0. The van der Waals surface area contributed by atoms with E-state index in [4.69, 9.17) is 52.1 Å². The molecular formula is C60H86N8O19. The Bertz CT molecular complexity index is 2760. The van der Waals surface area contributed by atoms with Gasteiger partial charge in [-0.3, -0.25) is 9.59 Å². The summed E-state index contributed by atoms with van der Waals surface area (Å²) in [7, 11) is 0. The monoisotopic (exact) mass is 1220 g/mol. The number of hydrogen-bond donors (Lipinski definition) is 5. The Morgan fingerprint density at radius 2 is 1.11 bits per heavy atom. The summed E-state index contributed by atoms with van der Waals surface area (Å²) >= 11 is 0. The fourth-order valence-corrected chi connectivity index (χ4v) is 9.47. The number of benzene rings is 2. The van der Waals surface area contributed by atoms with Gasteiger partial charge in [0.05, 0.1) is 60.2 Å². The van der Waals surface area contributed by atoms with E-state index in [1.807, 2.05) is 0 Å². The lowest BCUT2D eigenvalue weighted by Gasteiger charge is -2.50. The summed E-state index contributed by atoms with van der Waals surface area (Å²) in [5.41, 5.74) is 6.87. The van der Waals surface area contributed by atoms with E-state index >= 15 is 0 Å². The number of carbonyl (C=O) groups excluding carboxylic acids is 8. The largest absolute Gasteiger partial charge is 0.457 e. The maximum atomic E-state index is 14.9. The molecule has 5 rings (SSSR count). The van der Waals surface area contributed by atoms with E-state index in [-0.39, 0.29) is 30.5 Å². The van der Waals surface area contributed by atoms with Gasteiger partial charge in [-0.15, -0.1) is 0 Å². The maximum Gasteiger partial charge on any atom is 0.408 e. The Labute approximate surface area is 507 Å². The van der Waals surface area contributed by atoms with Gasteiger partial charge in [0, 0.05) is 11.8 Å². The third-order valence-electron chi connectivity index (χ3n) is 12.8. The number of rotatable bonds is 20. The number of carbonyl (C=O) groups is 8. The molecule has 1 saturated carbocycles. The molecular weight excluding hydrogens is 1140 g/mol.